The number of imide groups is 1. The van der Waals surface area contributed by atoms with E-state index >= 15 is 0 Å². The molecular weight excluding hydrogens is 396 g/mol. The van der Waals surface area contributed by atoms with Crippen LogP contribution in [-0.4, -0.2) is 29.2 Å². The molecule has 4 rings (SSSR count). The van der Waals surface area contributed by atoms with Crippen molar-refractivity contribution in [2.24, 2.45) is 23.7 Å². The van der Waals surface area contributed by atoms with Gasteiger partial charge in [0.15, 0.2) is 0 Å². The molecule has 1 N–H and O–H groups in total. The number of anilines is 1. The van der Waals surface area contributed by atoms with Crippen LogP contribution in [0.5, 0.6) is 0 Å². The van der Waals surface area contributed by atoms with E-state index in [2.05, 4.69) is 21.2 Å². The molecule has 3 fully saturated rings. The van der Waals surface area contributed by atoms with E-state index in [9.17, 15) is 14.4 Å². The number of carbonyl (C=O) groups is 3. The predicted octanol–water partition coefficient (Wildman–Crippen LogP) is 3.43. The van der Waals surface area contributed by atoms with Crippen LogP contribution in [0, 0.1) is 37.5 Å². The number of aryl methyl sites for hydroxylation is 2. The molecule has 2 saturated carbocycles. The highest BCUT2D eigenvalue weighted by Gasteiger charge is 2.60. The normalized spacial score (nSPS) is 29.4. The lowest BCUT2D eigenvalue weighted by molar-refractivity contribution is -0.140. The largest absolute Gasteiger partial charge is 0.326 e. The topological polar surface area (TPSA) is 66.5 Å². The van der Waals surface area contributed by atoms with Crippen LogP contribution in [0.15, 0.2) is 16.6 Å². The standard InChI is InChI=1S/C20H23BrN2O3/c1-10-7-14(8-11(2)18(10)21)22-15(24)5-6-23-19(25)16-12-3-4-13(9-12)17(16)20(23)26/h7-8,12-13,16-17H,3-6,9H2,1-2H3,(H,22,24)/t12-,13-,16-,17-/m0/s1. The smallest absolute Gasteiger partial charge is 0.233 e. The van der Waals surface area contributed by atoms with Crippen molar-refractivity contribution in [3.05, 3.63) is 27.7 Å². The van der Waals surface area contributed by atoms with Crippen LogP contribution in [0.1, 0.15) is 36.8 Å². The summed E-state index contributed by atoms with van der Waals surface area (Å²) in [7, 11) is 0. The number of likely N-dealkylation sites (tertiary alicyclic amines) is 1. The fourth-order valence-electron chi connectivity index (χ4n) is 5.15. The Morgan fingerprint density at radius 2 is 1.65 bits per heavy atom. The minimum Gasteiger partial charge on any atom is -0.326 e. The third-order valence-corrected chi connectivity index (χ3v) is 7.55. The average molecular weight is 419 g/mol. The van der Waals surface area contributed by atoms with E-state index < -0.39 is 0 Å². The van der Waals surface area contributed by atoms with Crippen LogP contribution in [-0.2, 0) is 14.4 Å². The molecule has 138 valence electrons. The number of fused-ring (bicyclic) bond motifs is 5. The first-order valence-corrected chi connectivity index (χ1v) is 10.1. The summed E-state index contributed by atoms with van der Waals surface area (Å²) in [6, 6.07) is 3.81. The molecule has 5 nitrogen and oxygen atoms in total. The van der Waals surface area contributed by atoms with E-state index in [1.807, 2.05) is 26.0 Å². The first kappa shape index (κ1) is 17.7. The summed E-state index contributed by atoms with van der Waals surface area (Å²) >= 11 is 3.51. The van der Waals surface area contributed by atoms with Gasteiger partial charge in [-0.2, -0.15) is 0 Å². The number of benzene rings is 1. The maximum Gasteiger partial charge on any atom is 0.233 e. The number of carbonyl (C=O) groups excluding carboxylic acids is 3. The second-order valence-electron chi connectivity index (χ2n) is 7.94. The molecule has 26 heavy (non-hydrogen) atoms. The fraction of sp³-hybridized carbons (Fsp3) is 0.550. The predicted molar refractivity (Wildman–Crippen MR) is 101 cm³/mol. The van der Waals surface area contributed by atoms with Gasteiger partial charge in [-0.05, 0) is 68.2 Å². The van der Waals surface area contributed by atoms with Gasteiger partial charge in [-0.15, -0.1) is 0 Å². The fourth-order valence-corrected chi connectivity index (χ4v) is 5.37. The zero-order chi connectivity index (χ0) is 18.6. The van der Waals surface area contributed by atoms with Gasteiger partial charge in [-0.25, -0.2) is 0 Å². The van der Waals surface area contributed by atoms with Gasteiger partial charge in [0, 0.05) is 23.1 Å². The molecule has 1 aromatic carbocycles. The van der Waals surface area contributed by atoms with E-state index in [0.29, 0.717) is 11.8 Å². The summed E-state index contributed by atoms with van der Waals surface area (Å²) in [5.41, 5.74) is 2.84. The number of rotatable bonds is 4. The van der Waals surface area contributed by atoms with E-state index in [0.717, 1.165) is 40.5 Å². The Kier molecular flexibility index (Phi) is 4.41. The van der Waals surface area contributed by atoms with Crippen molar-refractivity contribution < 1.29 is 14.4 Å². The quantitative estimate of drug-likeness (QED) is 0.761. The molecule has 0 unspecified atom stereocenters. The highest BCUT2D eigenvalue weighted by Crippen LogP contribution is 2.56. The SMILES string of the molecule is Cc1cc(NC(=O)CCN2C(=O)[C@H]3[C@H]4CC[C@@H](C4)[C@@H]3C2=O)cc(C)c1Br. The molecule has 1 aliphatic heterocycles. The van der Waals surface area contributed by atoms with Gasteiger partial charge in [0.05, 0.1) is 11.8 Å². The Hall–Kier alpha value is -1.69. The van der Waals surface area contributed by atoms with Gasteiger partial charge in [0.1, 0.15) is 0 Å². The molecule has 0 radical (unpaired) electrons. The van der Waals surface area contributed by atoms with Crippen LogP contribution in [0.3, 0.4) is 0 Å². The Morgan fingerprint density at radius 3 is 2.19 bits per heavy atom. The second-order valence-corrected chi connectivity index (χ2v) is 8.73. The van der Waals surface area contributed by atoms with Gasteiger partial charge in [-0.3, -0.25) is 19.3 Å². The van der Waals surface area contributed by atoms with E-state index in [4.69, 9.17) is 0 Å². The molecule has 6 heteroatoms. The monoisotopic (exact) mass is 418 g/mol. The average Bonchev–Trinajstić information content (AvgIpc) is 3.26. The maximum atomic E-state index is 12.7. The summed E-state index contributed by atoms with van der Waals surface area (Å²) in [4.78, 5) is 39.0. The van der Waals surface area contributed by atoms with Gasteiger partial charge in [0.2, 0.25) is 17.7 Å². The Balaban J connectivity index is 1.38. The lowest BCUT2D eigenvalue weighted by atomic mass is 9.81. The van der Waals surface area contributed by atoms with Gasteiger partial charge < -0.3 is 5.32 Å². The van der Waals surface area contributed by atoms with Crippen LogP contribution >= 0.6 is 15.9 Å². The highest BCUT2D eigenvalue weighted by molar-refractivity contribution is 9.10. The molecule has 3 amide bonds. The Morgan fingerprint density at radius 1 is 1.12 bits per heavy atom. The van der Waals surface area contributed by atoms with E-state index in [1.165, 1.54) is 4.90 Å². The second kappa shape index (κ2) is 6.48. The number of nitrogens with one attached hydrogen (secondary N) is 1. The molecule has 0 aromatic heterocycles. The van der Waals surface area contributed by atoms with Crippen LogP contribution < -0.4 is 5.32 Å². The minimum atomic E-state index is -0.174. The van der Waals surface area contributed by atoms with Crippen LogP contribution in [0.4, 0.5) is 5.69 Å². The summed E-state index contributed by atoms with van der Waals surface area (Å²) in [6.45, 7) is 4.13. The molecule has 2 aliphatic carbocycles. The third-order valence-electron chi connectivity index (χ3n) is 6.30. The van der Waals surface area contributed by atoms with Crippen molar-refractivity contribution in [3.8, 4) is 0 Å². The lowest BCUT2D eigenvalue weighted by Gasteiger charge is -2.19. The van der Waals surface area contributed by atoms with E-state index in [1.54, 1.807) is 0 Å². The molecule has 1 heterocycles. The minimum absolute atomic E-state index is 0.0460. The lowest BCUT2D eigenvalue weighted by Crippen LogP contribution is -2.35. The van der Waals surface area contributed by atoms with Crippen LogP contribution in [0.25, 0.3) is 0 Å². The summed E-state index contributed by atoms with van der Waals surface area (Å²) in [5.74, 6) is 0.280. The highest BCUT2D eigenvalue weighted by atomic mass is 79.9. The van der Waals surface area contributed by atoms with Crippen molar-refractivity contribution in [1.29, 1.82) is 0 Å². The molecule has 4 atom stereocenters. The molecule has 0 spiro atoms. The van der Waals surface area contributed by atoms with Gasteiger partial charge in [0.25, 0.3) is 0 Å². The number of nitrogens with zero attached hydrogens (tertiary/aromatic N) is 1. The molecule has 2 bridgehead atoms. The van der Waals surface area contributed by atoms with Crippen molar-refractivity contribution in [1.82, 2.24) is 4.90 Å². The number of amides is 3. The van der Waals surface area contributed by atoms with Crippen molar-refractivity contribution in [2.75, 3.05) is 11.9 Å². The summed E-state index contributed by atoms with van der Waals surface area (Å²) in [6.07, 6.45) is 3.31. The Bertz CT molecular complexity index is 755. The summed E-state index contributed by atoms with van der Waals surface area (Å²) < 4.78 is 1.03. The van der Waals surface area contributed by atoms with Crippen molar-refractivity contribution in [3.63, 3.8) is 0 Å². The number of hydrogen-bond donors (Lipinski definition) is 1. The zero-order valence-electron chi connectivity index (χ0n) is 15.0. The van der Waals surface area contributed by atoms with Gasteiger partial charge >= 0.3 is 0 Å². The number of halogens is 1. The Labute approximate surface area is 161 Å². The summed E-state index contributed by atoms with van der Waals surface area (Å²) in [5, 5.41) is 2.88. The first-order chi connectivity index (χ1) is 12.4. The molecule has 1 aromatic rings. The first-order valence-electron chi connectivity index (χ1n) is 9.28. The van der Waals surface area contributed by atoms with Crippen molar-refractivity contribution in [2.45, 2.75) is 39.5 Å². The van der Waals surface area contributed by atoms with E-state index in [-0.39, 0.29) is 42.5 Å². The number of hydrogen-bond acceptors (Lipinski definition) is 3. The molecular formula is C20H23BrN2O3. The molecule has 3 aliphatic rings. The maximum absolute atomic E-state index is 12.7. The van der Waals surface area contributed by atoms with Crippen molar-refractivity contribution >= 4 is 39.3 Å². The zero-order valence-corrected chi connectivity index (χ0v) is 16.6. The van der Waals surface area contributed by atoms with Gasteiger partial charge in [-0.1, -0.05) is 15.9 Å². The third kappa shape index (κ3) is 2.79. The van der Waals surface area contributed by atoms with Crippen LogP contribution in [0.2, 0.25) is 0 Å². The molecule has 1 saturated heterocycles.